The molecule has 3 aliphatic rings. The molecule has 0 aliphatic carbocycles. The number of para-hydroxylation sites is 2. The second-order valence-electron chi connectivity index (χ2n) is 28.6. The van der Waals surface area contributed by atoms with Gasteiger partial charge in [-0.3, -0.25) is 15.0 Å². The molecule has 8 heteroatoms. The van der Waals surface area contributed by atoms with Crippen LogP contribution in [0.3, 0.4) is 0 Å². The minimum atomic E-state index is -1.47. The molecule has 0 spiro atoms. The van der Waals surface area contributed by atoms with E-state index in [-0.39, 0.29) is 0 Å². The first-order chi connectivity index (χ1) is 46.0. The Labute approximate surface area is 585 Å². The molecule has 0 atom stereocenters. The molecule has 0 bridgehead atoms. The van der Waals surface area contributed by atoms with Crippen LogP contribution in [0.2, 0.25) is 26.2 Å². The van der Waals surface area contributed by atoms with Gasteiger partial charge in [-0.2, -0.15) is 0 Å². The Hall–Kier alpha value is -8.80. The largest absolute Gasteiger partial charge is 0.343 e. The van der Waals surface area contributed by atoms with Crippen LogP contribution in [-0.2, 0) is 0 Å². The summed E-state index contributed by atoms with van der Waals surface area (Å²) in [4.78, 5) is 22.7. The SMILES string of the molecule is Cc1cc2c(c(C)c1C)-c1ccccc1[Si]2(C)C.Cc1cc2c(c(C)c1C)-c1ccccc1[Si]2(C)C.Cc1cc2c(c(C)c1C)Sc1ccccc1N2C.Cc1cc2nc3ccccc3cc2c(C)c1C.Cc1cc2ncccc2c(C)c1C.Cc1cc2nccnc2c(C)c1C. The molecular weight excluding hydrogens is 1230 g/mol. The van der Waals surface area contributed by atoms with Gasteiger partial charge in [-0.25, -0.2) is 4.98 Å². The third kappa shape index (κ3) is 12.9. The van der Waals surface area contributed by atoms with E-state index >= 15 is 0 Å². The fraction of sp³-hybridized carbons (Fsp3) is 0.258. The number of pyridine rings is 2. The third-order valence-electron chi connectivity index (χ3n) is 22.3. The zero-order valence-corrected chi connectivity index (χ0v) is 64.6. The maximum Gasteiger partial charge on any atom is 0.113 e. The van der Waals surface area contributed by atoms with Gasteiger partial charge in [0.05, 0.1) is 39.0 Å². The van der Waals surface area contributed by atoms with Crippen LogP contribution in [0.15, 0.2) is 180 Å². The van der Waals surface area contributed by atoms with Crippen LogP contribution in [-0.4, -0.2) is 43.1 Å². The van der Waals surface area contributed by atoms with Gasteiger partial charge in [0.2, 0.25) is 0 Å². The lowest BCUT2D eigenvalue weighted by Gasteiger charge is -2.31. The highest BCUT2D eigenvalue weighted by Crippen LogP contribution is 2.50. The van der Waals surface area contributed by atoms with E-state index in [1.807, 2.05) is 30.1 Å². The summed E-state index contributed by atoms with van der Waals surface area (Å²) in [5, 5.41) is 10.2. The molecule has 16 rings (SSSR count). The summed E-state index contributed by atoms with van der Waals surface area (Å²) in [5.74, 6) is 0. The zero-order valence-electron chi connectivity index (χ0n) is 61.8. The highest BCUT2D eigenvalue weighted by molar-refractivity contribution is 7.99. The Kier molecular flexibility index (Phi) is 19.8. The van der Waals surface area contributed by atoms with Gasteiger partial charge >= 0.3 is 0 Å². The van der Waals surface area contributed by atoms with Crippen LogP contribution in [0.25, 0.3) is 66.0 Å². The predicted molar refractivity (Wildman–Crippen MR) is 428 cm³/mol. The minimum Gasteiger partial charge on any atom is -0.343 e. The van der Waals surface area contributed by atoms with E-state index in [1.165, 1.54) is 160 Å². The molecule has 0 saturated carbocycles. The topological polar surface area (TPSA) is 54.8 Å². The molecule has 3 aromatic heterocycles. The number of hydrogen-bond acceptors (Lipinski definition) is 6. The molecule has 5 nitrogen and oxygen atoms in total. The molecular formula is C89H97N5SSi2. The van der Waals surface area contributed by atoms with Gasteiger partial charge in [-0.1, -0.05) is 135 Å². The molecule has 97 heavy (non-hydrogen) atoms. The number of aromatic nitrogens is 4. The molecule has 6 heterocycles. The van der Waals surface area contributed by atoms with Gasteiger partial charge < -0.3 is 4.90 Å². The summed E-state index contributed by atoms with van der Waals surface area (Å²) in [6, 6.07) is 54.9. The fourth-order valence-corrected chi connectivity index (χ4v) is 22.3. The van der Waals surface area contributed by atoms with Crippen LogP contribution in [0.1, 0.15) is 100 Å². The van der Waals surface area contributed by atoms with Crippen molar-refractivity contribution in [3.8, 4) is 22.3 Å². The van der Waals surface area contributed by atoms with E-state index in [2.05, 4.69) is 317 Å². The smallest absolute Gasteiger partial charge is 0.113 e. The number of rotatable bonds is 0. The Morgan fingerprint density at radius 1 is 0.320 bits per heavy atom. The van der Waals surface area contributed by atoms with Crippen molar-refractivity contribution < 1.29 is 0 Å². The highest BCUT2D eigenvalue weighted by Gasteiger charge is 2.40. The first kappa shape index (κ1) is 69.6. The van der Waals surface area contributed by atoms with Crippen LogP contribution in [0.4, 0.5) is 11.4 Å². The quantitative estimate of drug-likeness (QED) is 0.111. The second kappa shape index (κ2) is 27.6. The average molecular weight is 1330 g/mol. The van der Waals surface area contributed by atoms with E-state index in [4.69, 9.17) is 4.98 Å². The lowest BCUT2D eigenvalue weighted by Crippen LogP contribution is -2.49. The summed E-state index contributed by atoms with van der Waals surface area (Å²) in [7, 11) is -0.776. The van der Waals surface area contributed by atoms with E-state index in [0.29, 0.717) is 0 Å². The summed E-state index contributed by atoms with van der Waals surface area (Å²) in [5.41, 5.74) is 38.8. The minimum absolute atomic E-state index is 0.989. The van der Waals surface area contributed by atoms with E-state index in [9.17, 15) is 0 Å². The molecule has 0 amide bonds. The molecule has 492 valence electrons. The number of aryl methyl sites for hydroxylation is 9. The van der Waals surface area contributed by atoms with Crippen molar-refractivity contribution in [3.05, 3.63) is 270 Å². The summed E-state index contributed by atoms with van der Waals surface area (Å²) in [6.07, 6.45) is 5.32. The fourth-order valence-electron chi connectivity index (χ4n) is 14.6. The van der Waals surface area contributed by atoms with Crippen molar-refractivity contribution in [3.63, 3.8) is 0 Å². The molecule has 0 radical (unpaired) electrons. The van der Waals surface area contributed by atoms with Crippen molar-refractivity contribution in [2.75, 3.05) is 11.9 Å². The van der Waals surface area contributed by atoms with Crippen LogP contribution >= 0.6 is 11.8 Å². The third-order valence-corrected chi connectivity index (χ3v) is 30.6. The summed E-state index contributed by atoms with van der Waals surface area (Å²) in [6.45, 7) is 49.4. The Morgan fingerprint density at radius 2 is 0.763 bits per heavy atom. The van der Waals surface area contributed by atoms with E-state index < -0.39 is 16.1 Å². The molecule has 10 aromatic carbocycles. The maximum absolute atomic E-state index is 4.74. The number of fused-ring (bicyclic) bond motifs is 12. The second-order valence-corrected chi connectivity index (χ2v) is 38.3. The lowest BCUT2D eigenvalue weighted by atomic mass is 9.94. The zero-order chi connectivity index (χ0) is 69.9. The number of benzene rings is 10. The first-order valence-corrected chi connectivity index (χ1v) is 41.2. The van der Waals surface area contributed by atoms with Gasteiger partial charge in [0, 0.05) is 51.6 Å². The lowest BCUT2D eigenvalue weighted by molar-refractivity contribution is 1.07. The van der Waals surface area contributed by atoms with Crippen molar-refractivity contribution in [2.24, 2.45) is 0 Å². The normalized spacial score (nSPS) is 13.0. The van der Waals surface area contributed by atoms with Crippen molar-refractivity contribution in [2.45, 2.75) is 161 Å². The molecule has 0 N–H and O–H groups in total. The van der Waals surface area contributed by atoms with Crippen LogP contribution < -0.4 is 25.6 Å². The van der Waals surface area contributed by atoms with Gasteiger partial charge in [0.1, 0.15) is 16.1 Å². The van der Waals surface area contributed by atoms with E-state index in [0.717, 1.165) is 27.6 Å². The molecule has 0 fully saturated rings. The van der Waals surface area contributed by atoms with Gasteiger partial charge in [-0.05, 0) is 322 Å². The van der Waals surface area contributed by atoms with Crippen molar-refractivity contribution in [1.82, 2.24) is 19.9 Å². The Bertz CT molecular complexity index is 5060. The molecule has 0 saturated heterocycles. The molecule has 13 aromatic rings. The van der Waals surface area contributed by atoms with Crippen molar-refractivity contribution >= 4 is 104 Å². The predicted octanol–water partition coefficient (Wildman–Crippen LogP) is 21.7. The van der Waals surface area contributed by atoms with Crippen molar-refractivity contribution in [1.29, 1.82) is 0 Å². The standard InChI is InChI=1S/2C17H20Si.C16H17NS.C16H15N.C12H13N.C11H12N2/c2*1-11-10-16-17(13(3)12(11)2)14-8-6-7-9-15(14)18(16,4)5;1-10-9-14-16(12(3)11(10)2)18-15-8-6-5-7-13(15)17(14)4;1-10-8-16-14(12(3)11(10)2)9-13-6-4-5-7-15(13)17-16;1-8-7-12-11(5-4-6-13-12)10(3)9(8)2;1-7-6-10-11(9(3)8(7)2)13-5-4-12-10/h2*6-10H,1-5H3;5-9H,1-4H3;4-9H,1-3H3;4-7H,1-3H3;4-6H,1-3H3. The Morgan fingerprint density at radius 3 is 1.36 bits per heavy atom. The highest BCUT2D eigenvalue weighted by atomic mass is 32.2. The van der Waals surface area contributed by atoms with Gasteiger partial charge in [-0.15, -0.1) is 0 Å². The number of nitrogens with zero attached hydrogens (tertiary/aromatic N) is 5. The monoisotopic (exact) mass is 1320 g/mol. The van der Waals surface area contributed by atoms with Gasteiger partial charge in [0.25, 0.3) is 0 Å². The maximum atomic E-state index is 4.74. The molecule has 0 unspecified atom stereocenters. The average Bonchev–Trinajstić information content (AvgIpc) is 1.65. The first-order valence-electron chi connectivity index (χ1n) is 34.3. The van der Waals surface area contributed by atoms with Gasteiger partial charge in [0.15, 0.2) is 0 Å². The van der Waals surface area contributed by atoms with E-state index in [1.54, 1.807) is 33.1 Å². The van der Waals surface area contributed by atoms with Crippen LogP contribution in [0, 0.1) is 125 Å². The van der Waals surface area contributed by atoms with Crippen LogP contribution in [0.5, 0.6) is 0 Å². The Balaban J connectivity index is 0.000000119. The summed E-state index contributed by atoms with van der Waals surface area (Å²) < 4.78 is 0. The number of anilines is 2. The number of hydrogen-bond donors (Lipinski definition) is 0. The summed E-state index contributed by atoms with van der Waals surface area (Å²) >= 11 is 1.89. The molecule has 3 aliphatic heterocycles.